The molecule has 2 atom stereocenters. The monoisotopic (exact) mass is 381 g/mol. The molecule has 3 aliphatic rings. The van der Waals surface area contributed by atoms with E-state index in [1.807, 2.05) is 30.3 Å². The van der Waals surface area contributed by atoms with Gasteiger partial charge in [-0.05, 0) is 62.4 Å². The van der Waals surface area contributed by atoms with Crippen LogP contribution in [0.5, 0.6) is 0 Å². The third kappa shape index (κ3) is 3.94. The number of likely N-dealkylation sites (tertiary alicyclic amines) is 1. The molecular formula is C24H31NO3. The summed E-state index contributed by atoms with van der Waals surface area (Å²) in [6.07, 6.45) is 9.60. The number of unbranched alkanes of at least 4 members (excludes halogenated alkanes) is 1. The van der Waals surface area contributed by atoms with Crippen LogP contribution in [0.25, 0.3) is 11.6 Å². The maximum Gasteiger partial charge on any atom is 0.332 e. The number of benzene rings is 1. The molecule has 150 valence electrons. The second-order valence-electron chi connectivity index (χ2n) is 8.40. The highest BCUT2D eigenvalue weighted by atomic mass is 16.5. The van der Waals surface area contributed by atoms with Gasteiger partial charge in [0.1, 0.15) is 6.10 Å². The number of hydrogen-bond acceptors (Lipinski definition) is 3. The van der Waals surface area contributed by atoms with Crippen LogP contribution in [-0.4, -0.2) is 48.3 Å². The van der Waals surface area contributed by atoms with Crippen molar-refractivity contribution in [2.75, 3.05) is 26.2 Å². The second-order valence-corrected chi connectivity index (χ2v) is 8.40. The van der Waals surface area contributed by atoms with Gasteiger partial charge in [-0.1, -0.05) is 49.8 Å². The lowest BCUT2D eigenvalue weighted by atomic mass is 9.77. The molecule has 4 nitrogen and oxygen atoms in total. The van der Waals surface area contributed by atoms with Crippen LogP contribution in [0.15, 0.2) is 35.9 Å². The van der Waals surface area contributed by atoms with Crippen molar-refractivity contribution < 1.29 is 14.6 Å². The third-order valence-corrected chi connectivity index (χ3v) is 6.54. The van der Waals surface area contributed by atoms with Gasteiger partial charge < -0.3 is 14.7 Å². The Labute approximate surface area is 167 Å². The first-order chi connectivity index (χ1) is 13.7. The molecule has 1 saturated heterocycles. The standard InChI is InChI=1S/C24H31NO3/c1-2-3-12-25-13-10-17(11-14-25)15-19-16-28-21-9-8-18-6-4-5-7-20(18)23(21)22(19)24(26)27/h4-9,17,19,21H,2-3,10-16H2,1H3,(H,26,27). The summed E-state index contributed by atoms with van der Waals surface area (Å²) in [5, 5.41) is 10.1. The van der Waals surface area contributed by atoms with E-state index in [1.54, 1.807) is 0 Å². The molecule has 1 aromatic carbocycles. The highest BCUT2D eigenvalue weighted by molar-refractivity contribution is 6.01. The van der Waals surface area contributed by atoms with Gasteiger partial charge in [-0.15, -0.1) is 0 Å². The minimum absolute atomic E-state index is 0.0181. The Hall–Kier alpha value is -1.91. The molecule has 2 unspecified atom stereocenters. The fourth-order valence-corrected chi connectivity index (χ4v) is 4.99. The largest absolute Gasteiger partial charge is 0.478 e. The molecule has 0 radical (unpaired) electrons. The minimum atomic E-state index is -0.779. The van der Waals surface area contributed by atoms with Gasteiger partial charge in [0.15, 0.2) is 0 Å². The smallest absolute Gasteiger partial charge is 0.332 e. The maximum absolute atomic E-state index is 12.3. The van der Waals surface area contributed by atoms with Gasteiger partial charge >= 0.3 is 5.97 Å². The molecule has 2 aliphatic heterocycles. The molecule has 28 heavy (non-hydrogen) atoms. The molecule has 0 saturated carbocycles. The minimum Gasteiger partial charge on any atom is -0.478 e. The lowest BCUT2D eigenvalue weighted by Crippen LogP contribution is -2.37. The zero-order chi connectivity index (χ0) is 19.5. The molecule has 1 aliphatic carbocycles. The molecule has 2 heterocycles. The summed E-state index contributed by atoms with van der Waals surface area (Å²) in [5.74, 6) is -0.207. The average Bonchev–Trinajstić information content (AvgIpc) is 2.72. The van der Waals surface area contributed by atoms with E-state index >= 15 is 0 Å². The first-order valence-electron chi connectivity index (χ1n) is 10.8. The van der Waals surface area contributed by atoms with E-state index < -0.39 is 5.97 Å². The molecular weight excluding hydrogens is 350 g/mol. The SMILES string of the molecule is CCCCN1CCC(CC2COC3C=Cc4ccccc4C3=C2C(=O)O)CC1. The summed E-state index contributed by atoms with van der Waals surface area (Å²) in [6.45, 7) is 6.24. The molecule has 1 fully saturated rings. The number of carboxylic acid groups (broad SMARTS) is 1. The summed E-state index contributed by atoms with van der Waals surface area (Å²) >= 11 is 0. The quantitative estimate of drug-likeness (QED) is 0.790. The van der Waals surface area contributed by atoms with Crippen LogP contribution in [0.3, 0.4) is 0 Å². The number of rotatable bonds is 6. The van der Waals surface area contributed by atoms with E-state index in [0.717, 1.165) is 36.2 Å². The van der Waals surface area contributed by atoms with Crippen molar-refractivity contribution in [1.82, 2.24) is 4.90 Å². The van der Waals surface area contributed by atoms with Crippen LogP contribution >= 0.6 is 0 Å². The number of carboxylic acids is 1. The fraction of sp³-hybridized carbons (Fsp3) is 0.542. The van der Waals surface area contributed by atoms with Crippen molar-refractivity contribution in [3.8, 4) is 0 Å². The number of ether oxygens (including phenoxy) is 1. The van der Waals surface area contributed by atoms with Crippen LogP contribution in [0.2, 0.25) is 0 Å². The molecule has 4 rings (SSSR count). The van der Waals surface area contributed by atoms with Crippen LogP contribution in [0.4, 0.5) is 0 Å². The second kappa shape index (κ2) is 8.62. The van der Waals surface area contributed by atoms with Crippen molar-refractivity contribution in [3.05, 3.63) is 47.0 Å². The number of hydrogen-bond donors (Lipinski definition) is 1. The van der Waals surface area contributed by atoms with E-state index in [4.69, 9.17) is 4.74 Å². The number of nitrogens with zero attached hydrogens (tertiary/aromatic N) is 1. The number of fused-ring (bicyclic) bond motifs is 3. The molecule has 0 spiro atoms. The lowest BCUT2D eigenvalue weighted by molar-refractivity contribution is -0.134. The Balaban J connectivity index is 1.53. The van der Waals surface area contributed by atoms with Gasteiger partial charge in [0.05, 0.1) is 6.61 Å². The lowest BCUT2D eigenvalue weighted by Gasteiger charge is -2.37. The first kappa shape index (κ1) is 19.4. The molecule has 4 heteroatoms. The highest BCUT2D eigenvalue weighted by Gasteiger charge is 2.37. The van der Waals surface area contributed by atoms with E-state index in [2.05, 4.69) is 17.9 Å². The van der Waals surface area contributed by atoms with Crippen molar-refractivity contribution in [3.63, 3.8) is 0 Å². The first-order valence-corrected chi connectivity index (χ1v) is 10.8. The van der Waals surface area contributed by atoms with Gasteiger partial charge in [-0.2, -0.15) is 0 Å². The summed E-state index contributed by atoms with van der Waals surface area (Å²) in [7, 11) is 0. The Morgan fingerprint density at radius 2 is 2.04 bits per heavy atom. The van der Waals surface area contributed by atoms with E-state index in [-0.39, 0.29) is 12.0 Å². The highest BCUT2D eigenvalue weighted by Crippen LogP contribution is 2.41. The van der Waals surface area contributed by atoms with Crippen molar-refractivity contribution in [2.24, 2.45) is 11.8 Å². The van der Waals surface area contributed by atoms with Gasteiger partial charge in [0.2, 0.25) is 0 Å². The zero-order valence-electron chi connectivity index (χ0n) is 16.8. The Morgan fingerprint density at radius 3 is 2.79 bits per heavy atom. The summed E-state index contributed by atoms with van der Waals surface area (Å²) < 4.78 is 6.13. The van der Waals surface area contributed by atoms with Crippen LogP contribution in [0.1, 0.15) is 50.2 Å². The third-order valence-electron chi connectivity index (χ3n) is 6.54. The van der Waals surface area contributed by atoms with Crippen molar-refractivity contribution >= 4 is 17.6 Å². The van der Waals surface area contributed by atoms with Crippen LogP contribution in [-0.2, 0) is 9.53 Å². The predicted octanol–water partition coefficient (Wildman–Crippen LogP) is 4.47. The number of carbonyl (C=O) groups is 1. The van der Waals surface area contributed by atoms with Crippen molar-refractivity contribution in [2.45, 2.75) is 45.1 Å². The van der Waals surface area contributed by atoms with Gasteiger partial charge in [-0.25, -0.2) is 4.79 Å². The fourth-order valence-electron chi connectivity index (χ4n) is 4.99. The molecule has 1 N–H and O–H groups in total. The normalized spacial score (nSPS) is 25.5. The predicted molar refractivity (Wildman–Crippen MR) is 112 cm³/mol. The van der Waals surface area contributed by atoms with Gasteiger partial charge in [0.25, 0.3) is 0 Å². The Morgan fingerprint density at radius 1 is 1.25 bits per heavy atom. The Bertz CT molecular complexity index is 774. The van der Waals surface area contributed by atoms with Crippen LogP contribution < -0.4 is 0 Å². The molecule has 0 aromatic heterocycles. The Kier molecular flexibility index (Phi) is 5.98. The van der Waals surface area contributed by atoms with E-state index in [1.165, 1.54) is 32.2 Å². The average molecular weight is 382 g/mol. The maximum atomic E-state index is 12.3. The van der Waals surface area contributed by atoms with E-state index in [9.17, 15) is 9.90 Å². The van der Waals surface area contributed by atoms with Crippen LogP contribution in [0, 0.1) is 11.8 Å². The zero-order valence-corrected chi connectivity index (χ0v) is 16.8. The molecule has 1 aromatic rings. The van der Waals surface area contributed by atoms with Gasteiger partial charge in [0, 0.05) is 17.1 Å². The van der Waals surface area contributed by atoms with Gasteiger partial charge in [-0.3, -0.25) is 0 Å². The topological polar surface area (TPSA) is 49.8 Å². The summed E-state index contributed by atoms with van der Waals surface area (Å²) in [5.41, 5.74) is 3.57. The number of aliphatic carboxylic acids is 1. The molecule has 0 amide bonds. The van der Waals surface area contributed by atoms with Crippen molar-refractivity contribution in [1.29, 1.82) is 0 Å². The molecule has 0 bridgehead atoms. The summed E-state index contributed by atoms with van der Waals surface area (Å²) in [4.78, 5) is 14.9. The van der Waals surface area contributed by atoms with E-state index in [0.29, 0.717) is 18.1 Å². The summed E-state index contributed by atoms with van der Waals surface area (Å²) in [6, 6.07) is 8.06. The number of piperidine rings is 1.